The van der Waals surface area contributed by atoms with Crippen molar-refractivity contribution < 1.29 is 19.5 Å². The van der Waals surface area contributed by atoms with Crippen molar-refractivity contribution in [2.45, 2.75) is 25.3 Å². The molecule has 1 aliphatic rings. The molecule has 0 bridgehead atoms. The summed E-state index contributed by atoms with van der Waals surface area (Å²) in [5.41, 5.74) is 1.03. The van der Waals surface area contributed by atoms with Crippen molar-refractivity contribution in [3.05, 3.63) is 46.9 Å². The second-order valence-electron chi connectivity index (χ2n) is 5.23. The van der Waals surface area contributed by atoms with Gasteiger partial charge in [-0.1, -0.05) is 29.4 Å². The van der Waals surface area contributed by atoms with Gasteiger partial charge in [-0.25, -0.2) is 0 Å². The standard InChI is InChI=1S/C17H20N2O4S/c1-23-15(20)10-6-5-9-14-16(19-22)13(11-24-14)18-17(21)12-7-3-2-4-8-12/h2-4,7-9,13,22H,5-6,10-11H2,1H3,(H,18,21). The topological polar surface area (TPSA) is 88.0 Å². The van der Waals surface area contributed by atoms with Gasteiger partial charge in [-0.05, 0) is 25.0 Å². The van der Waals surface area contributed by atoms with Crippen LogP contribution in [0.1, 0.15) is 29.6 Å². The maximum absolute atomic E-state index is 12.2. The number of methoxy groups -OCH3 is 1. The number of benzene rings is 1. The summed E-state index contributed by atoms with van der Waals surface area (Å²) in [6.07, 6.45) is 3.62. The van der Waals surface area contributed by atoms with Gasteiger partial charge in [-0.2, -0.15) is 0 Å². The summed E-state index contributed by atoms with van der Waals surface area (Å²) < 4.78 is 4.59. The van der Waals surface area contributed by atoms with Crippen LogP contribution in [-0.2, 0) is 9.53 Å². The average Bonchev–Trinajstić information content (AvgIpc) is 3.00. The molecule has 0 radical (unpaired) electrons. The zero-order chi connectivity index (χ0) is 17.4. The summed E-state index contributed by atoms with van der Waals surface area (Å²) in [4.78, 5) is 24.1. The quantitative estimate of drug-likeness (QED) is 0.357. The predicted molar refractivity (Wildman–Crippen MR) is 93.3 cm³/mol. The minimum atomic E-state index is -0.334. The highest BCUT2D eigenvalue weighted by Crippen LogP contribution is 2.29. The Morgan fingerprint density at radius 1 is 1.42 bits per heavy atom. The number of nitrogens with zero attached hydrogens (tertiary/aromatic N) is 1. The molecule has 1 aliphatic heterocycles. The van der Waals surface area contributed by atoms with Crippen molar-refractivity contribution in [3.63, 3.8) is 0 Å². The largest absolute Gasteiger partial charge is 0.469 e. The number of esters is 1. The zero-order valence-corrected chi connectivity index (χ0v) is 14.2. The first kappa shape index (κ1) is 18.1. The summed E-state index contributed by atoms with van der Waals surface area (Å²) in [7, 11) is 1.37. The van der Waals surface area contributed by atoms with E-state index in [9.17, 15) is 14.8 Å². The summed E-state index contributed by atoms with van der Waals surface area (Å²) in [5.74, 6) is 0.173. The summed E-state index contributed by atoms with van der Waals surface area (Å²) in [5, 5.41) is 15.5. The van der Waals surface area contributed by atoms with Gasteiger partial charge in [0.1, 0.15) is 5.71 Å². The molecule has 1 aromatic carbocycles. The monoisotopic (exact) mass is 348 g/mol. The van der Waals surface area contributed by atoms with Crippen molar-refractivity contribution in [1.29, 1.82) is 0 Å². The van der Waals surface area contributed by atoms with Crippen LogP contribution in [0.25, 0.3) is 0 Å². The van der Waals surface area contributed by atoms with Crippen LogP contribution in [0.15, 0.2) is 46.5 Å². The Kier molecular flexibility index (Phi) is 6.87. The van der Waals surface area contributed by atoms with Crippen LogP contribution in [-0.4, -0.2) is 41.7 Å². The Balaban J connectivity index is 1.92. The van der Waals surface area contributed by atoms with E-state index in [-0.39, 0.29) is 17.9 Å². The van der Waals surface area contributed by atoms with E-state index < -0.39 is 0 Å². The molecule has 1 amide bonds. The smallest absolute Gasteiger partial charge is 0.305 e. The van der Waals surface area contributed by atoms with Crippen molar-refractivity contribution >= 4 is 29.4 Å². The molecule has 1 atom stereocenters. The zero-order valence-electron chi connectivity index (χ0n) is 13.4. The van der Waals surface area contributed by atoms with Crippen LogP contribution < -0.4 is 5.32 Å². The van der Waals surface area contributed by atoms with E-state index in [1.165, 1.54) is 18.9 Å². The van der Waals surface area contributed by atoms with Crippen molar-refractivity contribution in [2.24, 2.45) is 5.16 Å². The molecule has 128 valence electrons. The lowest BCUT2D eigenvalue weighted by molar-refractivity contribution is -0.140. The molecular weight excluding hydrogens is 328 g/mol. The summed E-state index contributed by atoms with van der Waals surface area (Å²) in [6.45, 7) is 0. The summed E-state index contributed by atoms with van der Waals surface area (Å²) in [6, 6.07) is 8.57. The third kappa shape index (κ3) is 4.86. The normalized spacial score (nSPS) is 20.3. The van der Waals surface area contributed by atoms with E-state index in [4.69, 9.17) is 0 Å². The van der Waals surface area contributed by atoms with E-state index in [1.54, 1.807) is 24.3 Å². The SMILES string of the molecule is COC(=O)CCCC=C1SCC(NC(=O)c2ccccc2)C1=NO. The minimum Gasteiger partial charge on any atom is -0.469 e. The Morgan fingerprint density at radius 2 is 2.17 bits per heavy atom. The van der Waals surface area contributed by atoms with Gasteiger partial charge >= 0.3 is 5.97 Å². The van der Waals surface area contributed by atoms with E-state index in [1.807, 2.05) is 12.1 Å². The lowest BCUT2D eigenvalue weighted by Gasteiger charge is -2.12. The van der Waals surface area contributed by atoms with Crippen LogP contribution in [0.3, 0.4) is 0 Å². The van der Waals surface area contributed by atoms with Gasteiger partial charge in [-0.15, -0.1) is 11.8 Å². The number of amides is 1. The molecule has 24 heavy (non-hydrogen) atoms. The predicted octanol–water partition coefficient (Wildman–Crippen LogP) is 2.59. The second kappa shape index (κ2) is 9.12. The van der Waals surface area contributed by atoms with Gasteiger partial charge in [0.25, 0.3) is 5.91 Å². The number of hydrogen-bond acceptors (Lipinski definition) is 6. The molecular formula is C17H20N2O4S. The van der Waals surface area contributed by atoms with Gasteiger partial charge in [-0.3, -0.25) is 9.59 Å². The van der Waals surface area contributed by atoms with E-state index in [2.05, 4.69) is 15.2 Å². The lowest BCUT2D eigenvalue weighted by Crippen LogP contribution is -2.39. The average molecular weight is 348 g/mol. The number of carbonyl (C=O) groups excluding carboxylic acids is 2. The van der Waals surface area contributed by atoms with Crippen LogP contribution in [0.5, 0.6) is 0 Å². The molecule has 2 N–H and O–H groups in total. The minimum absolute atomic E-state index is 0.200. The fourth-order valence-electron chi connectivity index (χ4n) is 2.30. The number of rotatable bonds is 6. The molecule has 1 saturated heterocycles. The first-order valence-electron chi connectivity index (χ1n) is 7.63. The molecule has 1 fully saturated rings. The Hall–Kier alpha value is -2.28. The Bertz CT molecular complexity index is 643. The number of thioether (sulfide) groups is 1. The van der Waals surface area contributed by atoms with E-state index in [0.717, 1.165) is 4.91 Å². The van der Waals surface area contributed by atoms with Crippen LogP contribution in [0.2, 0.25) is 0 Å². The molecule has 1 aromatic rings. The molecule has 0 spiro atoms. The molecule has 7 heteroatoms. The van der Waals surface area contributed by atoms with E-state index in [0.29, 0.717) is 36.3 Å². The summed E-state index contributed by atoms with van der Waals surface area (Å²) >= 11 is 1.52. The maximum atomic E-state index is 12.2. The third-order valence-electron chi connectivity index (χ3n) is 3.58. The molecule has 0 aliphatic carbocycles. The van der Waals surface area contributed by atoms with Crippen molar-refractivity contribution in [1.82, 2.24) is 5.32 Å². The molecule has 2 rings (SSSR count). The van der Waals surface area contributed by atoms with Gasteiger partial charge in [0.05, 0.1) is 13.2 Å². The molecule has 0 aromatic heterocycles. The van der Waals surface area contributed by atoms with E-state index >= 15 is 0 Å². The number of allylic oxidation sites excluding steroid dienone is 1. The molecule has 1 unspecified atom stereocenters. The second-order valence-corrected chi connectivity index (χ2v) is 6.29. The van der Waals surface area contributed by atoms with Gasteiger partial charge in [0.2, 0.25) is 0 Å². The van der Waals surface area contributed by atoms with Crippen LogP contribution in [0.4, 0.5) is 0 Å². The highest BCUT2D eigenvalue weighted by atomic mass is 32.2. The lowest BCUT2D eigenvalue weighted by atomic mass is 10.1. The first-order valence-corrected chi connectivity index (χ1v) is 8.62. The fraction of sp³-hybridized carbons (Fsp3) is 0.353. The molecule has 6 nitrogen and oxygen atoms in total. The first-order chi connectivity index (χ1) is 11.7. The van der Waals surface area contributed by atoms with Crippen LogP contribution in [0, 0.1) is 0 Å². The van der Waals surface area contributed by atoms with Crippen molar-refractivity contribution in [3.8, 4) is 0 Å². The number of unbranched alkanes of at least 4 members (excludes halogenated alkanes) is 1. The number of carbonyl (C=O) groups is 2. The van der Waals surface area contributed by atoms with Gasteiger partial charge in [0.15, 0.2) is 0 Å². The third-order valence-corrected chi connectivity index (χ3v) is 4.77. The number of hydrogen-bond donors (Lipinski definition) is 2. The highest BCUT2D eigenvalue weighted by Gasteiger charge is 2.30. The fourth-order valence-corrected chi connectivity index (χ4v) is 3.46. The number of nitrogens with one attached hydrogen (secondary N) is 1. The van der Waals surface area contributed by atoms with Gasteiger partial charge in [0, 0.05) is 22.6 Å². The maximum Gasteiger partial charge on any atom is 0.305 e. The van der Waals surface area contributed by atoms with Crippen LogP contribution >= 0.6 is 11.8 Å². The van der Waals surface area contributed by atoms with Crippen molar-refractivity contribution in [2.75, 3.05) is 12.9 Å². The molecule has 1 heterocycles. The highest BCUT2D eigenvalue weighted by molar-refractivity contribution is 8.04. The molecule has 0 saturated carbocycles. The number of oxime groups is 1. The Labute approximate surface area is 145 Å². The Morgan fingerprint density at radius 3 is 2.83 bits per heavy atom. The van der Waals surface area contributed by atoms with Gasteiger partial charge < -0.3 is 15.3 Å². The number of ether oxygens (including phenoxy) is 1.